The molecule has 0 spiro atoms. The van der Waals surface area contributed by atoms with Gasteiger partial charge in [0.2, 0.25) is 0 Å². The maximum Gasteiger partial charge on any atom is 1.00 e. The molecule has 0 aromatic heterocycles. The Balaban J connectivity index is 0. The van der Waals surface area contributed by atoms with Gasteiger partial charge in [0, 0.05) is 14.5 Å². The Labute approximate surface area is 212 Å². The summed E-state index contributed by atoms with van der Waals surface area (Å²) in [6.07, 6.45) is 1.97. The summed E-state index contributed by atoms with van der Waals surface area (Å²) in [5.74, 6) is -0.726. The average Bonchev–Trinajstić information content (AvgIpc) is 2.51. The van der Waals surface area contributed by atoms with E-state index in [4.69, 9.17) is 0 Å². The molecule has 0 fully saturated rings. The quantitative estimate of drug-likeness (QED) is 0.456. The van der Waals surface area contributed by atoms with Crippen LogP contribution >= 0.6 is 31.9 Å². The third kappa shape index (κ3) is 14.3. The predicted molar refractivity (Wildman–Crippen MR) is 103 cm³/mol. The van der Waals surface area contributed by atoms with Gasteiger partial charge in [0.15, 0.2) is 6.29 Å². The summed E-state index contributed by atoms with van der Waals surface area (Å²) >= 11 is 6.33. The minimum atomic E-state index is -0.750. The Morgan fingerprint density at radius 3 is 1.58 bits per heavy atom. The van der Waals surface area contributed by atoms with Crippen molar-refractivity contribution < 1.29 is 70.1 Å². The summed E-state index contributed by atoms with van der Waals surface area (Å²) in [6, 6.07) is 8.96. The van der Waals surface area contributed by atoms with E-state index in [2.05, 4.69) is 38.4 Å². The number of halogens is 4. The molecule has 0 bridgehead atoms. The summed E-state index contributed by atoms with van der Waals surface area (Å²) in [6.45, 7) is 8.37. The molecule has 0 N–H and O–H groups in total. The Kier molecular flexibility index (Phi) is 15.7. The minimum Gasteiger partial charge on any atom is -0.850 e. The van der Waals surface area contributed by atoms with E-state index in [1.807, 2.05) is 0 Å². The molecule has 0 heterocycles. The van der Waals surface area contributed by atoms with E-state index in [-0.39, 0.29) is 62.8 Å². The molecule has 0 atom stereocenters. The van der Waals surface area contributed by atoms with Crippen LogP contribution in [0.3, 0.4) is 0 Å². The van der Waals surface area contributed by atoms with Crippen molar-refractivity contribution in [3.05, 3.63) is 74.7 Å². The molecule has 2 aromatic carbocycles. The van der Waals surface area contributed by atoms with Gasteiger partial charge in [0.25, 0.3) is 0 Å². The maximum absolute atomic E-state index is 12.7. The van der Waals surface area contributed by atoms with Crippen molar-refractivity contribution in [3.8, 4) is 0 Å². The first-order valence-corrected chi connectivity index (χ1v) is 8.74. The summed E-state index contributed by atoms with van der Waals surface area (Å²) in [7, 11) is 0. The first kappa shape index (κ1) is 28.5. The molecular formula is C19H19Br2F2KO2. The molecule has 26 heavy (non-hydrogen) atoms. The molecule has 0 aliphatic carbocycles. The van der Waals surface area contributed by atoms with Gasteiger partial charge in [-0.2, -0.15) is 0 Å². The van der Waals surface area contributed by atoms with E-state index < -0.39 is 11.4 Å². The van der Waals surface area contributed by atoms with E-state index in [1.165, 1.54) is 24.3 Å². The number of hydrogen-bond donors (Lipinski definition) is 0. The standard InChI is InChI=1S/C8H6BrF.C7H4BrFO.C4H9O.K/c1-2-6-5-7(9)3-4-8(6)10;8-6-1-2-7(9)5(3-6)4-10;1-4(2,3)5;/h2-5H,1H2;1-4H;1-3H3;/q;;-1;+1. The molecule has 0 saturated heterocycles. The molecule has 0 aliphatic rings. The van der Waals surface area contributed by atoms with Crippen LogP contribution in [0.4, 0.5) is 8.78 Å². The third-order valence-corrected chi connectivity index (χ3v) is 3.25. The molecular weight excluding hydrogens is 497 g/mol. The topological polar surface area (TPSA) is 40.1 Å². The molecule has 0 aliphatic heterocycles. The molecule has 0 unspecified atom stereocenters. The van der Waals surface area contributed by atoms with Crippen molar-refractivity contribution in [2.75, 3.05) is 0 Å². The number of carbonyl (C=O) groups is 1. The van der Waals surface area contributed by atoms with Gasteiger partial charge in [0.05, 0.1) is 5.56 Å². The van der Waals surface area contributed by atoms with Crippen molar-refractivity contribution >= 4 is 44.2 Å². The largest absolute Gasteiger partial charge is 1.00 e. The zero-order valence-corrected chi connectivity index (χ0v) is 21.4. The molecule has 0 radical (unpaired) electrons. The van der Waals surface area contributed by atoms with Crippen LogP contribution in [-0.2, 0) is 0 Å². The summed E-state index contributed by atoms with van der Waals surface area (Å²) in [5.41, 5.74) is -0.149. The Bertz CT molecular complexity index is 656. The van der Waals surface area contributed by atoms with Gasteiger partial charge in [-0.25, -0.2) is 8.78 Å². The Hall–Kier alpha value is 0.266. The van der Waals surface area contributed by atoms with E-state index in [1.54, 1.807) is 39.0 Å². The SMILES string of the molecule is C=Cc1cc(Br)ccc1F.CC(C)(C)[O-].O=Cc1cc(Br)ccc1F.[K+]. The van der Waals surface area contributed by atoms with Gasteiger partial charge in [0.1, 0.15) is 11.6 Å². The number of rotatable bonds is 2. The zero-order valence-electron chi connectivity index (χ0n) is 15.2. The van der Waals surface area contributed by atoms with Gasteiger partial charge in [-0.3, -0.25) is 4.79 Å². The maximum atomic E-state index is 12.7. The second-order valence-electron chi connectivity index (χ2n) is 5.77. The molecule has 0 saturated carbocycles. The molecule has 2 nitrogen and oxygen atoms in total. The number of aldehydes is 1. The molecule has 7 heteroatoms. The van der Waals surface area contributed by atoms with Crippen LogP contribution in [0.2, 0.25) is 0 Å². The molecule has 2 rings (SSSR count). The zero-order chi connectivity index (χ0) is 19.6. The van der Waals surface area contributed by atoms with Gasteiger partial charge >= 0.3 is 51.4 Å². The number of hydrogen-bond acceptors (Lipinski definition) is 2. The van der Waals surface area contributed by atoms with E-state index in [0.29, 0.717) is 16.3 Å². The summed E-state index contributed by atoms with van der Waals surface area (Å²) in [4.78, 5) is 10.1. The van der Waals surface area contributed by atoms with Gasteiger partial charge in [-0.1, -0.05) is 65.3 Å². The third-order valence-electron chi connectivity index (χ3n) is 2.26. The van der Waals surface area contributed by atoms with E-state index in [9.17, 15) is 18.7 Å². The van der Waals surface area contributed by atoms with Crippen molar-refractivity contribution in [1.29, 1.82) is 0 Å². The van der Waals surface area contributed by atoms with Gasteiger partial charge in [-0.05, 0) is 36.4 Å². The summed E-state index contributed by atoms with van der Waals surface area (Å²) < 4.78 is 26.8. The second kappa shape index (κ2) is 14.3. The van der Waals surface area contributed by atoms with Crippen LogP contribution in [0.25, 0.3) is 6.08 Å². The van der Waals surface area contributed by atoms with Crippen molar-refractivity contribution in [2.45, 2.75) is 26.4 Å². The monoisotopic (exact) mass is 514 g/mol. The van der Waals surface area contributed by atoms with Crippen LogP contribution in [-0.4, -0.2) is 11.9 Å². The Morgan fingerprint density at radius 2 is 1.31 bits per heavy atom. The second-order valence-corrected chi connectivity index (χ2v) is 7.60. The minimum absolute atomic E-state index is 0. The van der Waals surface area contributed by atoms with E-state index in [0.717, 1.165) is 4.47 Å². The van der Waals surface area contributed by atoms with Gasteiger partial charge in [-0.15, -0.1) is 5.60 Å². The number of carbonyl (C=O) groups excluding carboxylic acids is 1. The van der Waals surface area contributed by atoms with Crippen LogP contribution in [0.5, 0.6) is 0 Å². The fourth-order valence-electron chi connectivity index (χ4n) is 1.28. The normalized spacial score (nSPS) is 9.54. The van der Waals surface area contributed by atoms with Crippen molar-refractivity contribution in [3.63, 3.8) is 0 Å². The van der Waals surface area contributed by atoms with Crippen LogP contribution < -0.4 is 56.5 Å². The molecule has 136 valence electrons. The number of benzene rings is 2. The van der Waals surface area contributed by atoms with Gasteiger partial charge < -0.3 is 5.11 Å². The first-order valence-electron chi connectivity index (χ1n) is 7.16. The predicted octanol–water partition coefficient (Wildman–Crippen LogP) is 2.78. The van der Waals surface area contributed by atoms with Crippen LogP contribution in [0.1, 0.15) is 36.7 Å². The van der Waals surface area contributed by atoms with E-state index >= 15 is 0 Å². The fourth-order valence-corrected chi connectivity index (χ4v) is 2.03. The summed E-state index contributed by atoms with van der Waals surface area (Å²) in [5, 5.41) is 10.1. The van der Waals surface area contributed by atoms with Crippen molar-refractivity contribution in [2.24, 2.45) is 0 Å². The first-order chi connectivity index (χ1) is 11.5. The molecule has 2 aromatic rings. The smallest absolute Gasteiger partial charge is 0.850 e. The van der Waals surface area contributed by atoms with Crippen LogP contribution in [0, 0.1) is 11.6 Å². The fraction of sp³-hybridized carbons (Fsp3) is 0.211. The molecule has 0 amide bonds. The van der Waals surface area contributed by atoms with Crippen molar-refractivity contribution in [1.82, 2.24) is 0 Å². The Morgan fingerprint density at radius 1 is 0.962 bits per heavy atom. The average molecular weight is 516 g/mol. The van der Waals surface area contributed by atoms with Crippen LogP contribution in [0.15, 0.2) is 51.9 Å².